The van der Waals surface area contributed by atoms with Crippen LogP contribution in [0.3, 0.4) is 0 Å². The monoisotopic (exact) mass is 507 g/mol. The third-order valence-electron chi connectivity index (χ3n) is 6.11. The van der Waals surface area contributed by atoms with Crippen molar-refractivity contribution >= 4 is 17.6 Å². The van der Waals surface area contributed by atoms with Gasteiger partial charge >= 0.3 is 6.03 Å². The van der Waals surface area contributed by atoms with Crippen molar-refractivity contribution in [2.45, 2.75) is 40.2 Å². The van der Waals surface area contributed by atoms with Gasteiger partial charge in [0.25, 0.3) is 0 Å². The highest BCUT2D eigenvalue weighted by molar-refractivity contribution is 5.93. The van der Waals surface area contributed by atoms with Crippen molar-refractivity contribution in [1.29, 1.82) is 0 Å². The van der Waals surface area contributed by atoms with E-state index in [1.165, 1.54) is 0 Å². The summed E-state index contributed by atoms with van der Waals surface area (Å²) in [4.78, 5) is 29.9. The minimum absolute atomic E-state index is 0.0306. The topological polar surface area (TPSA) is 84.2 Å². The Morgan fingerprint density at radius 1 is 0.919 bits per heavy atom. The zero-order chi connectivity index (χ0) is 26.8. The molecule has 0 aliphatic rings. The van der Waals surface area contributed by atoms with Crippen LogP contribution in [-0.2, 0) is 17.8 Å². The van der Waals surface area contributed by atoms with Crippen LogP contribution in [0.15, 0.2) is 59.0 Å². The summed E-state index contributed by atoms with van der Waals surface area (Å²) in [6, 6.07) is 16.8. The van der Waals surface area contributed by atoms with Crippen molar-refractivity contribution in [1.82, 2.24) is 9.80 Å². The first-order valence-electron chi connectivity index (χ1n) is 12.5. The minimum Gasteiger partial charge on any atom is -0.493 e. The number of hydrogen-bond acceptors (Lipinski definition) is 5. The van der Waals surface area contributed by atoms with Crippen LogP contribution in [0.25, 0.3) is 0 Å². The fraction of sp³-hybridized carbons (Fsp3) is 0.379. The van der Waals surface area contributed by atoms with E-state index in [-0.39, 0.29) is 18.5 Å². The van der Waals surface area contributed by atoms with Crippen LogP contribution in [0.2, 0.25) is 0 Å². The van der Waals surface area contributed by atoms with Gasteiger partial charge in [0.1, 0.15) is 18.1 Å². The molecular formula is C29H37N3O5. The first kappa shape index (κ1) is 27.6. The van der Waals surface area contributed by atoms with Crippen LogP contribution in [0.4, 0.5) is 10.5 Å². The molecule has 1 heterocycles. The average molecular weight is 508 g/mol. The third-order valence-corrected chi connectivity index (χ3v) is 6.11. The van der Waals surface area contributed by atoms with Crippen molar-refractivity contribution in [2.75, 3.05) is 39.2 Å². The Hall–Kier alpha value is -3.94. The zero-order valence-electron chi connectivity index (χ0n) is 22.4. The van der Waals surface area contributed by atoms with Gasteiger partial charge in [-0.05, 0) is 68.1 Å². The van der Waals surface area contributed by atoms with E-state index in [4.69, 9.17) is 13.9 Å². The molecule has 0 fully saturated rings. The SMILES string of the molecule is CCCN(CC(=O)N(CCc1ccc(OC)c(OC)c1)Cc1ccc(C)o1)C(=O)Nc1ccccc1C. The molecule has 8 heteroatoms. The lowest BCUT2D eigenvalue weighted by Gasteiger charge is -2.27. The molecule has 3 amide bonds. The van der Waals surface area contributed by atoms with Crippen molar-refractivity contribution in [3.05, 3.63) is 77.2 Å². The van der Waals surface area contributed by atoms with Crippen LogP contribution in [0, 0.1) is 13.8 Å². The number of rotatable bonds is 12. The molecule has 0 saturated heterocycles. The predicted octanol–water partition coefficient (Wildman–Crippen LogP) is 5.43. The van der Waals surface area contributed by atoms with Crippen LogP contribution in [-0.4, -0.2) is 55.6 Å². The van der Waals surface area contributed by atoms with Crippen LogP contribution in [0.1, 0.15) is 36.0 Å². The van der Waals surface area contributed by atoms with Gasteiger partial charge in [-0.2, -0.15) is 0 Å². The molecule has 3 rings (SSSR count). The summed E-state index contributed by atoms with van der Waals surface area (Å²) in [5.74, 6) is 2.63. The number of amides is 3. The van der Waals surface area contributed by atoms with E-state index in [0.717, 1.165) is 29.0 Å². The fourth-order valence-electron chi connectivity index (χ4n) is 4.04. The number of benzene rings is 2. The second kappa shape index (κ2) is 13.4. The number of carbonyl (C=O) groups is 2. The second-order valence-electron chi connectivity index (χ2n) is 8.93. The molecule has 0 atom stereocenters. The molecule has 37 heavy (non-hydrogen) atoms. The number of methoxy groups -OCH3 is 2. The highest BCUT2D eigenvalue weighted by Gasteiger charge is 2.22. The van der Waals surface area contributed by atoms with E-state index in [1.807, 2.05) is 75.4 Å². The van der Waals surface area contributed by atoms with Gasteiger partial charge < -0.3 is 29.0 Å². The molecule has 1 N–H and O–H groups in total. The molecule has 0 saturated carbocycles. The molecule has 0 aliphatic heterocycles. The summed E-state index contributed by atoms with van der Waals surface area (Å²) in [7, 11) is 3.20. The van der Waals surface area contributed by atoms with Crippen molar-refractivity contribution in [3.63, 3.8) is 0 Å². The smallest absolute Gasteiger partial charge is 0.322 e. The van der Waals surface area contributed by atoms with Crippen LogP contribution in [0.5, 0.6) is 11.5 Å². The molecule has 0 aliphatic carbocycles. The van der Waals surface area contributed by atoms with Gasteiger partial charge in [0.15, 0.2) is 11.5 Å². The minimum atomic E-state index is -0.293. The maximum atomic E-state index is 13.5. The Morgan fingerprint density at radius 3 is 2.32 bits per heavy atom. The zero-order valence-corrected chi connectivity index (χ0v) is 22.4. The largest absolute Gasteiger partial charge is 0.493 e. The van der Waals surface area contributed by atoms with E-state index in [9.17, 15) is 9.59 Å². The van der Waals surface area contributed by atoms with Gasteiger partial charge in [-0.3, -0.25) is 4.79 Å². The van der Waals surface area contributed by atoms with Crippen molar-refractivity contribution < 1.29 is 23.5 Å². The van der Waals surface area contributed by atoms with Gasteiger partial charge in [-0.25, -0.2) is 4.79 Å². The quantitative estimate of drug-likeness (QED) is 0.353. The first-order chi connectivity index (χ1) is 17.8. The normalized spacial score (nSPS) is 10.6. The number of nitrogens with zero attached hydrogens (tertiary/aromatic N) is 2. The number of urea groups is 1. The highest BCUT2D eigenvalue weighted by atomic mass is 16.5. The molecule has 0 bridgehead atoms. The molecule has 8 nitrogen and oxygen atoms in total. The van der Waals surface area contributed by atoms with E-state index in [1.54, 1.807) is 24.0 Å². The summed E-state index contributed by atoms with van der Waals surface area (Å²) in [5, 5.41) is 2.95. The van der Waals surface area contributed by atoms with Crippen molar-refractivity contribution in [2.24, 2.45) is 0 Å². The van der Waals surface area contributed by atoms with Gasteiger partial charge in [0, 0.05) is 18.8 Å². The lowest BCUT2D eigenvalue weighted by atomic mass is 10.1. The summed E-state index contributed by atoms with van der Waals surface area (Å²) < 4.78 is 16.5. The lowest BCUT2D eigenvalue weighted by Crippen LogP contribution is -2.45. The Bertz CT molecular complexity index is 1190. The number of nitrogens with one attached hydrogen (secondary N) is 1. The van der Waals surface area contributed by atoms with Gasteiger partial charge in [0.05, 0.1) is 20.8 Å². The number of furan rings is 1. The summed E-state index contributed by atoms with van der Waals surface area (Å²) in [6.45, 7) is 7.00. The molecule has 0 radical (unpaired) electrons. The number of para-hydroxylation sites is 1. The molecule has 198 valence electrons. The molecule has 0 unspecified atom stereocenters. The van der Waals surface area contributed by atoms with E-state index in [2.05, 4.69) is 5.32 Å². The van der Waals surface area contributed by atoms with Crippen LogP contribution >= 0.6 is 0 Å². The van der Waals surface area contributed by atoms with Gasteiger partial charge in [-0.15, -0.1) is 0 Å². The maximum absolute atomic E-state index is 13.5. The Labute approximate surface area is 219 Å². The van der Waals surface area contributed by atoms with E-state index in [0.29, 0.717) is 43.3 Å². The van der Waals surface area contributed by atoms with Gasteiger partial charge in [0.2, 0.25) is 5.91 Å². The Kier molecular flexibility index (Phi) is 10.0. The Morgan fingerprint density at radius 2 is 1.68 bits per heavy atom. The highest BCUT2D eigenvalue weighted by Crippen LogP contribution is 2.28. The molecule has 3 aromatic rings. The van der Waals surface area contributed by atoms with Gasteiger partial charge in [-0.1, -0.05) is 31.2 Å². The molecule has 2 aromatic carbocycles. The fourth-order valence-corrected chi connectivity index (χ4v) is 4.04. The second-order valence-corrected chi connectivity index (χ2v) is 8.93. The summed E-state index contributed by atoms with van der Waals surface area (Å²) in [5.41, 5.74) is 2.70. The predicted molar refractivity (Wildman–Crippen MR) is 144 cm³/mol. The number of ether oxygens (including phenoxy) is 2. The third kappa shape index (κ3) is 7.77. The number of hydrogen-bond donors (Lipinski definition) is 1. The molecular weight excluding hydrogens is 470 g/mol. The molecule has 0 spiro atoms. The summed E-state index contributed by atoms with van der Waals surface area (Å²) in [6.07, 6.45) is 1.34. The lowest BCUT2D eigenvalue weighted by molar-refractivity contribution is -0.132. The van der Waals surface area contributed by atoms with E-state index < -0.39 is 0 Å². The van der Waals surface area contributed by atoms with E-state index >= 15 is 0 Å². The van der Waals surface area contributed by atoms with Crippen LogP contribution < -0.4 is 14.8 Å². The average Bonchev–Trinajstić information content (AvgIpc) is 3.31. The standard InChI is InChI=1S/C29H37N3O5/c1-6-16-32(29(34)30-25-10-8-7-9-21(25)2)20-28(33)31(19-24-13-11-22(3)37-24)17-15-23-12-14-26(35-4)27(18-23)36-5/h7-14,18H,6,15-17,19-20H2,1-5H3,(H,30,34). The number of anilines is 1. The Balaban J connectivity index is 1.75. The summed E-state index contributed by atoms with van der Waals surface area (Å²) >= 11 is 0. The first-order valence-corrected chi connectivity index (χ1v) is 12.5. The molecule has 1 aromatic heterocycles. The maximum Gasteiger partial charge on any atom is 0.322 e. The number of carbonyl (C=O) groups excluding carboxylic acids is 2. The van der Waals surface area contributed by atoms with Crippen molar-refractivity contribution in [3.8, 4) is 11.5 Å². The number of aryl methyl sites for hydroxylation is 2.